The molecule has 150 valence electrons. The van der Waals surface area contributed by atoms with Crippen molar-refractivity contribution in [2.45, 2.75) is 20.8 Å². The standard InChI is InChI=1S/C27H21N3S/c1-16-9-11-20-23(13-16)31-26-21(12-10-17(2)24(20)26)27-29-25-18(3)14-28-15-22(25)30(27)19-7-5-4-6-8-19/h4-15H,1-3H3. The van der Waals surface area contributed by atoms with E-state index in [0.29, 0.717) is 0 Å². The van der Waals surface area contributed by atoms with Crippen molar-refractivity contribution in [2.75, 3.05) is 0 Å². The Hall–Kier alpha value is -3.50. The van der Waals surface area contributed by atoms with Crippen LogP contribution in [0.4, 0.5) is 0 Å². The summed E-state index contributed by atoms with van der Waals surface area (Å²) in [5.41, 5.74) is 7.97. The molecule has 0 aliphatic rings. The zero-order chi connectivity index (χ0) is 21.1. The molecule has 3 nitrogen and oxygen atoms in total. The van der Waals surface area contributed by atoms with Crippen LogP contribution in [0.25, 0.3) is 48.3 Å². The zero-order valence-corrected chi connectivity index (χ0v) is 18.5. The van der Waals surface area contributed by atoms with Crippen LogP contribution in [0.3, 0.4) is 0 Å². The summed E-state index contributed by atoms with van der Waals surface area (Å²) in [7, 11) is 0. The molecule has 3 aromatic carbocycles. The maximum atomic E-state index is 5.16. The van der Waals surface area contributed by atoms with Gasteiger partial charge in [0.25, 0.3) is 0 Å². The van der Waals surface area contributed by atoms with Gasteiger partial charge in [-0.25, -0.2) is 4.98 Å². The van der Waals surface area contributed by atoms with Gasteiger partial charge in [-0.1, -0.05) is 36.4 Å². The van der Waals surface area contributed by atoms with E-state index in [-0.39, 0.29) is 0 Å². The second-order valence-corrected chi connectivity index (χ2v) is 9.22. The van der Waals surface area contributed by atoms with E-state index in [1.165, 1.54) is 36.9 Å². The number of benzene rings is 3. The highest BCUT2D eigenvalue weighted by Gasteiger charge is 2.20. The van der Waals surface area contributed by atoms with Gasteiger partial charge < -0.3 is 0 Å². The van der Waals surface area contributed by atoms with Crippen LogP contribution >= 0.6 is 11.3 Å². The third kappa shape index (κ3) is 2.72. The lowest BCUT2D eigenvalue weighted by atomic mass is 10.0. The lowest BCUT2D eigenvalue weighted by Gasteiger charge is -2.11. The van der Waals surface area contributed by atoms with E-state index in [4.69, 9.17) is 4.98 Å². The van der Waals surface area contributed by atoms with Gasteiger partial charge in [-0.15, -0.1) is 11.3 Å². The second kappa shape index (κ2) is 6.76. The van der Waals surface area contributed by atoms with Gasteiger partial charge in [0.2, 0.25) is 0 Å². The number of thiophene rings is 1. The highest BCUT2D eigenvalue weighted by atomic mass is 32.1. The summed E-state index contributed by atoms with van der Waals surface area (Å²) < 4.78 is 4.86. The zero-order valence-electron chi connectivity index (χ0n) is 17.7. The van der Waals surface area contributed by atoms with Crippen LogP contribution in [-0.4, -0.2) is 14.5 Å². The van der Waals surface area contributed by atoms with E-state index in [1.807, 2.05) is 29.8 Å². The predicted octanol–water partition coefficient (Wildman–Crippen LogP) is 7.38. The summed E-state index contributed by atoms with van der Waals surface area (Å²) in [5, 5.41) is 2.66. The Morgan fingerprint density at radius 1 is 0.839 bits per heavy atom. The molecular formula is C27H21N3S. The molecule has 31 heavy (non-hydrogen) atoms. The van der Waals surface area contributed by atoms with Gasteiger partial charge in [-0.05, 0) is 61.7 Å². The number of nitrogens with zero attached hydrogens (tertiary/aromatic N) is 3. The second-order valence-electron chi connectivity index (χ2n) is 8.17. The Labute approximate surface area is 184 Å². The Kier molecular flexibility index (Phi) is 3.99. The maximum absolute atomic E-state index is 5.16. The molecule has 6 rings (SSSR count). The van der Waals surface area contributed by atoms with Crippen molar-refractivity contribution in [3.05, 3.63) is 89.7 Å². The van der Waals surface area contributed by atoms with E-state index < -0.39 is 0 Å². The summed E-state index contributed by atoms with van der Waals surface area (Å²) in [5.74, 6) is 0.963. The van der Waals surface area contributed by atoms with Crippen molar-refractivity contribution < 1.29 is 0 Å². The topological polar surface area (TPSA) is 30.7 Å². The minimum absolute atomic E-state index is 0.963. The van der Waals surface area contributed by atoms with Crippen LogP contribution in [0.5, 0.6) is 0 Å². The highest BCUT2D eigenvalue weighted by molar-refractivity contribution is 7.26. The fourth-order valence-corrected chi connectivity index (χ4v) is 5.86. The average molecular weight is 420 g/mol. The quantitative estimate of drug-likeness (QED) is 0.293. The van der Waals surface area contributed by atoms with E-state index >= 15 is 0 Å². The molecule has 0 fully saturated rings. The van der Waals surface area contributed by atoms with Crippen LogP contribution in [0, 0.1) is 20.8 Å². The molecule has 4 heteroatoms. The monoisotopic (exact) mass is 419 g/mol. The third-order valence-electron chi connectivity index (χ3n) is 5.99. The molecule has 0 spiro atoms. The van der Waals surface area contributed by atoms with Crippen molar-refractivity contribution in [1.29, 1.82) is 0 Å². The van der Waals surface area contributed by atoms with Crippen molar-refractivity contribution in [3.63, 3.8) is 0 Å². The van der Waals surface area contributed by atoms with Crippen LogP contribution < -0.4 is 0 Å². The van der Waals surface area contributed by atoms with Crippen LogP contribution in [0.2, 0.25) is 0 Å². The number of aromatic nitrogens is 3. The summed E-state index contributed by atoms with van der Waals surface area (Å²) >= 11 is 1.86. The van der Waals surface area contributed by atoms with Crippen molar-refractivity contribution in [2.24, 2.45) is 0 Å². The molecular weight excluding hydrogens is 398 g/mol. The van der Waals surface area contributed by atoms with Gasteiger partial charge in [-0.3, -0.25) is 9.55 Å². The molecule has 0 saturated carbocycles. The summed E-state index contributed by atoms with van der Waals surface area (Å²) in [6, 6.07) is 21.7. The Balaban J connectivity index is 1.76. The number of pyridine rings is 1. The molecule has 3 aromatic heterocycles. The Morgan fingerprint density at radius 2 is 1.68 bits per heavy atom. The number of aryl methyl sites for hydroxylation is 3. The van der Waals surface area contributed by atoms with Gasteiger partial charge >= 0.3 is 0 Å². The molecule has 3 heterocycles. The number of imidazole rings is 1. The molecule has 0 radical (unpaired) electrons. The van der Waals surface area contributed by atoms with Crippen molar-refractivity contribution in [3.8, 4) is 17.1 Å². The number of hydrogen-bond donors (Lipinski definition) is 0. The Bertz CT molecular complexity index is 1610. The first-order chi connectivity index (χ1) is 15.1. The van der Waals surface area contributed by atoms with Crippen LogP contribution in [0.15, 0.2) is 73.1 Å². The summed E-state index contributed by atoms with van der Waals surface area (Å²) in [6.45, 7) is 6.43. The average Bonchev–Trinajstić information content (AvgIpc) is 3.34. The van der Waals surface area contributed by atoms with Gasteiger partial charge in [-0.2, -0.15) is 0 Å². The van der Waals surface area contributed by atoms with E-state index in [9.17, 15) is 0 Å². The molecule has 0 unspecified atom stereocenters. The maximum Gasteiger partial charge on any atom is 0.147 e. The molecule has 0 atom stereocenters. The Morgan fingerprint density at radius 3 is 2.52 bits per heavy atom. The third-order valence-corrected chi connectivity index (χ3v) is 7.18. The number of fused-ring (bicyclic) bond motifs is 4. The number of rotatable bonds is 2. The molecule has 0 amide bonds. The van der Waals surface area contributed by atoms with Gasteiger partial charge in [0.1, 0.15) is 5.82 Å². The number of hydrogen-bond acceptors (Lipinski definition) is 3. The smallest absolute Gasteiger partial charge is 0.147 e. The molecule has 0 aliphatic heterocycles. The first kappa shape index (κ1) is 18.3. The van der Waals surface area contributed by atoms with Gasteiger partial charge in [0.15, 0.2) is 0 Å². The molecule has 0 aliphatic carbocycles. The van der Waals surface area contributed by atoms with Gasteiger partial charge in [0, 0.05) is 37.6 Å². The molecule has 0 N–H and O–H groups in total. The lowest BCUT2D eigenvalue weighted by Crippen LogP contribution is -1.98. The largest absolute Gasteiger partial charge is 0.291 e. The summed E-state index contributed by atoms with van der Waals surface area (Å²) in [4.78, 5) is 9.62. The first-order valence-corrected chi connectivity index (χ1v) is 11.2. The lowest BCUT2D eigenvalue weighted by molar-refractivity contribution is 1.10. The fraction of sp³-hybridized carbons (Fsp3) is 0.111. The first-order valence-electron chi connectivity index (χ1n) is 10.4. The molecule has 6 aromatic rings. The van der Waals surface area contributed by atoms with Gasteiger partial charge in [0.05, 0.1) is 17.2 Å². The minimum atomic E-state index is 0.963. The van der Waals surface area contributed by atoms with Crippen LogP contribution in [-0.2, 0) is 0 Å². The summed E-state index contributed by atoms with van der Waals surface area (Å²) in [6.07, 6.45) is 3.81. The fourth-order valence-electron chi connectivity index (χ4n) is 4.47. The SMILES string of the molecule is Cc1ccc2c(c1)sc1c(-c3nc4c(C)cncc4n3-c3ccccc3)ccc(C)c12. The normalized spacial score (nSPS) is 11.7. The van der Waals surface area contributed by atoms with E-state index in [1.54, 1.807) is 0 Å². The van der Waals surface area contributed by atoms with E-state index in [2.05, 4.69) is 84.9 Å². The number of para-hydroxylation sites is 1. The minimum Gasteiger partial charge on any atom is -0.291 e. The highest BCUT2D eigenvalue weighted by Crippen LogP contribution is 2.42. The van der Waals surface area contributed by atoms with E-state index in [0.717, 1.165) is 28.1 Å². The predicted molar refractivity (Wildman–Crippen MR) is 131 cm³/mol. The van der Waals surface area contributed by atoms with Crippen molar-refractivity contribution >= 4 is 42.5 Å². The van der Waals surface area contributed by atoms with Crippen LogP contribution in [0.1, 0.15) is 16.7 Å². The van der Waals surface area contributed by atoms with Crippen molar-refractivity contribution in [1.82, 2.24) is 14.5 Å². The molecule has 0 saturated heterocycles. The molecule has 0 bridgehead atoms.